The van der Waals surface area contributed by atoms with Gasteiger partial charge in [-0.05, 0) is 36.2 Å². The summed E-state index contributed by atoms with van der Waals surface area (Å²) in [5.41, 5.74) is 1.08. The van der Waals surface area contributed by atoms with Gasteiger partial charge in [-0.15, -0.1) is 0 Å². The van der Waals surface area contributed by atoms with Crippen LogP contribution in [0.25, 0.3) is 0 Å². The number of esters is 1. The molecule has 2 N–H and O–H groups in total. The van der Waals surface area contributed by atoms with Crippen molar-refractivity contribution in [1.82, 2.24) is 0 Å². The maximum absolute atomic E-state index is 11.6. The second-order valence-corrected chi connectivity index (χ2v) is 6.63. The number of hydrogen-bond donors (Lipinski definition) is 1. The normalized spacial score (nSPS) is 11.0. The van der Waals surface area contributed by atoms with Crippen LogP contribution in [0.3, 0.4) is 0 Å². The molecular weight excluding hydrogens is 330 g/mol. The average Bonchev–Trinajstić information content (AvgIpc) is 2.57. The molecule has 0 aliphatic rings. The molecule has 0 bridgehead atoms. The van der Waals surface area contributed by atoms with Crippen molar-refractivity contribution in [3.63, 3.8) is 0 Å². The molecule has 0 saturated heterocycles. The molecule has 0 spiro atoms. The van der Waals surface area contributed by atoms with E-state index in [1.807, 2.05) is 30.3 Å². The number of sulfonamides is 1. The Morgan fingerprint density at radius 2 is 1.62 bits per heavy atom. The first kappa shape index (κ1) is 18.0. The zero-order valence-corrected chi connectivity index (χ0v) is 13.9. The van der Waals surface area contributed by atoms with Crippen LogP contribution in [0.2, 0.25) is 0 Å². The van der Waals surface area contributed by atoms with Crippen LogP contribution < -0.4 is 9.88 Å². The summed E-state index contributed by atoms with van der Waals surface area (Å²) in [5, 5.41) is 5.01. The summed E-state index contributed by atoms with van der Waals surface area (Å²) >= 11 is 0. The quantitative estimate of drug-likeness (QED) is 0.580. The fourth-order valence-corrected chi connectivity index (χ4v) is 2.52. The second kappa shape index (κ2) is 8.47. The minimum atomic E-state index is -3.71. The molecule has 0 atom stereocenters. The van der Waals surface area contributed by atoms with E-state index in [0.717, 1.165) is 5.56 Å². The standard InChI is InChI=1S/C17H19NO5S/c18-24(20,21)16-9-7-15(8-10-16)22-12-13-23-17(19)11-6-14-4-2-1-3-5-14/h1-5,7-10H,6,11-13H2,(H2,18,20,21). The van der Waals surface area contributed by atoms with Crippen molar-refractivity contribution in [2.24, 2.45) is 5.14 Å². The maximum atomic E-state index is 11.6. The molecule has 2 aromatic carbocycles. The number of aryl methyl sites for hydroxylation is 1. The topological polar surface area (TPSA) is 95.7 Å². The van der Waals surface area contributed by atoms with Crippen molar-refractivity contribution in [3.05, 3.63) is 60.2 Å². The molecule has 0 aliphatic heterocycles. The first-order chi connectivity index (χ1) is 11.4. The molecule has 6 nitrogen and oxygen atoms in total. The molecular formula is C17H19NO5S. The number of nitrogens with two attached hydrogens (primary N) is 1. The zero-order valence-electron chi connectivity index (χ0n) is 13.1. The Labute approximate surface area is 141 Å². The van der Waals surface area contributed by atoms with Crippen molar-refractivity contribution in [2.45, 2.75) is 17.7 Å². The number of benzene rings is 2. The third-order valence-electron chi connectivity index (χ3n) is 3.23. The third kappa shape index (κ3) is 6.02. The fraction of sp³-hybridized carbons (Fsp3) is 0.235. The number of carbonyl (C=O) groups is 1. The predicted molar refractivity (Wildman–Crippen MR) is 89.0 cm³/mol. The van der Waals surface area contributed by atoms with Gasteiger partial charge >= 0.3 is 5.97 Å². The SMILES string of the molecule is NS(=O)(=O)c1ccc(OCCOC(=O)CCc2ccccc2)cc1. The highest BCUT2D eigenvalue weighted by atomic mass is 32.2. The summed E-state index contributed by atoms with van der Waals surface area (Å²) in [4.78, 5) is 11.6. The van der Waals surface area contributed by atoms with E-state index in [4.69, 9.17) is 14.6 Å². The van der Waals surface area contributed by atoms with Gasteiger partial charge in [-0.2, -0.15) is 0 Å². The molecule has 0 radical (unpaired) electrons. The van der Waals surface area contributed by atoms with Crippen molar-refractivity contribution in [3.8, 4) is 5.75 Å². The van der Waals surface area contributed by atoms with Gasteiger partial charge in [-0.25, -0.2) is 13.6 Å². The Balaban J connectivity index is 1.66. The molecule has 7 heteroatoms. The highest BCUT2D eigenvalue weighted by molar-refractivity contribution is 7.89. The molecule has 2 rings (SSSR count). The minimum absolute atomic E-state index is 0.0159. The van der Waals surface area contributed by atoms with E-state index in [2.05, 4.69) is 0 Å². The Kier molecular flexibility index (Phi) is 6.34. The Hall–Kier alpha value is -2.38. The van der Waals surface area contributed by atoms with Gasteiger partial charge in [0, 0.05) is 6.42 Å². The fourth-order valence-electron chi connectivity index (χ4n) is 2.00. The smallest absolute Gasteiger partial charge is 0.306 e. The van der Waals surface area contributed by atoms with Crippen molar-refractivity contribution in [2.75, 3.05) is 13.2 Å². The molecule has 0 heterocycles. The van der Waals surface area contributed by atoms with Crippen LogP contribution in [0.4, 0.5) is 0 Å². The molecule has 0 fully saturated rings. The Bertz CT molecular complexity index is 757. The molecule has 0 amide bonds. The monoisotopic (exact) mass is 349 g/mol. The van der Waals surface area contributed by atoms with Crippen LogP contribution in [0.5, 0.6) is 5.75 Å². The van der Waals surface area contributed by atoms with E-state index < -0.39 is 10.0 Å². The number of carbonyl (C=O) groups excluding carboxylic acids is 1. The zero-order chi connectivity index (χ0) is 17.4. The Morgan fingerprint density at radius 1 is 0.958 bits per heavy atom. The third-order valence-corrected chi connectivity index (χ3v) is 4.16. The first-order valence-electron chi connectivity index (χ1n) is 7.40. The van der Waals surface area contributed by atoms with Gasteiger partial charge in [0.15, 0.2) is 0 Å². The average molecular weight is 349 g/mol. The molecule has 0 unspecified atom stereocenters. The van der Waals surface area contributed by atoms with Crippen molar-refractivity contribution in [1.29, 1.82) is 0 Å². The number of rotatable bonds is 8. The van der Waals surface area contributed by atoms with Crippen LogP contribution >= 0.6 is 0 Å². The van der Waals surface area contributed by atoms with Gasteiger partial charge in [0.05, 0.1) is 4.90 Å². The molecule has 24 heavy (non-hydrogen) atoms. The first-order valence-corrected chi connectivity index (χ1v) is 8.95. The van der Waals surface area contributed by atoms with E-state index in [1.54, 1.807) is 0 Å². The number of hydrogen-bond acceptors (Lipinski definition) is 5. The molecule has 0 aliphatic carbocycles. The summed E-state index contributed by atoms with van der Waals surface area (Å²) < 4.78 is 32.7. The van der Waals surface area contributed by atoms with Gasteiger partial charge in [-0.1, -0.05) is 30.3 Å². The number of ether oxygens (including phenoxy) is 2. The highest BCUT2D eigenvalue weighted by Crippen LogP contribution is 2.14. The van der Waals surface area contributed by atoms with Gasteiger partial charge in [0.1, 0.15) is 19.0 Å². The van der Waals surface area contributed by atoms with E-state index in [-0.39, 0.29) is 24.1 Å². The maximum Gasteiger partial charge on any atom is 0.306 e. The second-order valence-electron chi connectivity index (χ2n) is 5.07. The van der Waals surface area contributed by atoms with Crippen molar-refractivity contribution < 1.29 is 22.7 Å². The van der Waals surface area contributed by atoms with E-state index in [0.29, 0.717) is 18.6 Å². The van der Waals surface area contributed by atoms with Gasteiger partial charge in [0.2, 0.25) is 10.0 Å². The highest BCUT2D eigenvalue weighted by Gasteiger charge is 2.07. The van der Waals surface area contributed by atoms with Crippen LogP contribution in [0, 0.1) is 0 Å². The summed E-state index contributed by atoms with van der Waals surface area (Å²) in [6.45, 7) is 0.316. The molecule has 2 aromatic rings. The summed E-state index contributed by atoms with van der Waals surface area (Å²) in [6, 6.07) is 15.4. The predicted octanol–water partition coefficient (Wildman–Crippen LogP) is 1.89. The largest absolute Gasteiger partial charge is 0.490 e. The lowest BCUT2D eigenvalue weighted by Gasteiger charge is -2.08. The van der Waals surface area contributed by atoms with Gasteiger partial charge < -0.3 is 9.47 Å². The van der Waals surface area contributed by atoms with E-state index in [1.165, 1.54) is 24.3 Å². The lowest BCUT2D eigenvalue weighted by atomic mass is 10.1. The Morgan fingerprint density at radius 3 is 2.25 bits per heavy atom. The summed E-state index contributed by atoms with van der Waals surface area (Å²) in [6.07, 6.45) is 0.947. The van der Waals surface area contributed by atoms with Gasteiger partial charge in [-0.3, -0.25) is 4.79 Å². The summed E-state index contributed by atoms with van der Waals surface area (Å²) in [5.74, 6) is 0.190. The van der Waals surface area contributed by atoms with Crippen LogP contribution in [-0.2, 0) is 26.0 Å². The van der Waals surface area contributed by atoms with Crippen molar-refractivity contribution >= 4 is 16.0 Å². The molecule has 0 aromatic heterocycles. The molecule has 128 valence electrons. The van der Waals surface area contributed by atoms with Crippen LogP contribution in [0.15, 0.2) is 59.5 Å². The van der Waals surface area contributed by atoms with Crippen LogP contribution in [0.1, 0.15) is 12.0 Å². The molecule has 0 saturated carbocycles. The minimum Gasteiger partial charge on any atom is -0.490 e. The van der Waals surface area contributed by atoms with E-state index >= 15 is 0 Å². The summed E-state index contributed by atoms with van der Waals surface area (Å²) in [7, 11) is -3.71. The lowest BCUT2D eigenvalue weighted by Crippen LogP contribution is -2.13. The lowest BCUT2D eigenvalue weighted by molar-refractivity contribution is -0.144. The number of primary sulfonamides is 1. The van der Waals surface area contributed by atoms with Crippen LogP contribution in [-0.4, -0.2) is 27.6 Å². The van der Waals surface area contributed by atoms with Gasteiger partial charge in [0.25, 0.3) is 0 Å². The van der Waals surface area contributed by atoms with E-state index in [9.17, 15) is 13.2 Å².